The van der Waals surface area contributed by atoms with Gasteiger partial charge in [0, 0.05) is 0 Å². The summed E-state index contributed by atoms with van der Waals surface area (Å²) in [7, 11) is -2.69. The summed E-state index contributed by atoms with van der Waals surface area (Å²) < 4.78 is 34.1. The van der Waals surface area contributed by atoms with E-state index in [1.165, 1.54) is 7.11 Å². The molecule has 0 aromatic carbocycles. The molecule has 0 saturated carbocycles. The van der Waals surface area contributed by atoms with Gasteiger partial charge in [0.15, 0.2) is 0 Å². The first-order valence-electron chi connectivity index (χ1n) is 7.77. The Morgan fingerprint density at radius 1 is 0.850 bits per heavy atom. The predicted molar refractivity (Wildman–Crippen MR) is 89.2 cm³/mol. The van der Waals surface area contributed by atoms with Crippen molar-refractivity contribution in [2.45, 2.75) is 59.3 Å². The first kappa shape index (κ1) is 20.3. The molecule has 4 nitrogen and oxygen atoms in total. The first-order chi connectivity index (χ1) is 9.25. The third-order valence-corrected chi connectivity index (χ3v) is 11.7. The van der Waals surface area contributed by atoms with E-state index in [4.69, 9.17) is 3.97 Å². The van der Waals surface area contributed by atoms with E-state index in [0.29, 0.717) is 0 Å². The van der Waals surface area contributed by atoms with Crippen molar-refractivity contribution < 1.29 is 16.6 Å². The van der Waals surface area contributed by atoms with Crippen molar-refractivity contribution >= 4 is 17.2 Å². The zero-order valence-corrected chi connectivity index (χ0v) is 15.6. The van der Waals surface area contributed by atoms with Crippen LogP contribution in [0.15, 0.2) is 0 Å². The molecule has 124 valence electrons. The fourth-order valence-electron chi connectivity index (χ4n) is 2.58. The summed E-state index contributed by atoms with van der Waals surface area (Å²) in [4.78, 5) is 0. The fourth-order valence-corrected chi connectivity index (χ4v) is 10.3. The van der Waals surface area contributed by atoms with Gasteiger partial charge in [-0.3, -0.25) is 0 Å². The Morgan fingerprint density at radius 3 is 1.45 bits per heavy atom. The third kappa shape index (κ3) is 6.84. The standard InChI is InChI=1S/C14H33O4PS/c1-6-9-12-19(5,13-10-7-2,14-11-8-3)18-20(15,16)17-4/h6-14H2,1-5H3. The molecule has 0 aliphatic rings. The minimum atomic E-state index is -3.87. The Labute approximate surface area is 126 Å². The molecule has 0 amide bonds. The van der Waals surface area contributed by atoms with Crippen molar-refractivity contribution in [3.05, 3.63) is 0 Å². The average Bonchev–Trinajstić information content (AvgIpc) is 2.41. The van der Waals surface area contributed by atoms with Gasteiger partial charge in [0.05, 0.1) is 0 Å². The van der Waals surface area contributed by atoms with E-state index in [1.807, 2.05) is 0 Å². The van der Waals surface area contributed by atoms with Crippen molar-refractivity contribution in [2.24, 2.45) is 0 Å². The molecule has 0 rings (SSSR count). The predicted octanol–water partition coefficient (Wildman–Crippen LogP) is 4.39. The Morgan fingerprint density at radius 2 is 1.20 bits per heavy atom. The minimum absolute atomic E-state index is 0.880. The van der Waals surface area contributed by atoms with Crippen LogP contribution in [0.2, 0.25) is 0 Å². The molecule has 0 unspecified atom stereocenters. The summed E-state index contributed by atoms with van der Waals surface area (Å²) in [5.41, 5.74) is 0. The molecule has 0 fully saturated rings. The molecule has 6 heteroatoms. The Hall–Kier alpha value is 0.300. The van der Waals surface area contributed by atoms with E-state index in [-0.39, 0.29) is 0 Å². The zero-order chi connectivity index (χ0) is 15.7. The van der Waals surface area contributed by atoms with Crippen molar-refractivity contribution in [3.63, 3.8) is 0 Å². The molecule has 0 atom stereocenters. The molecule has 0 N–H and O–H groups in total. The maximum atomic E-state index is 11.9. The van der Waals surface area contributed by atoms with Gasteiger partial charge in [-0.25, -0.2) is 0 Å². The van der Waals surface area contributed by atoms with Gasteiger partial charge in [0.1, 0.15) is 0 Å². The molecule has 0 aliphatic carbocycles. The first-order valence-corrected chi connectivity index (χ1v) is 12.3. The zero-order valence-electron chi connectivity index (χ0n) is 13.9. The van der Waals surface area contributed by atoms with Crippen LogP contribution in [-0.4, -0.2) is 40.7 Å². The molecule has 0 aromatic heterocycles. The molecule has 0 radical (unpaired) electrons. The van der Waals surface area contributed by atoms with Gasteiger partial charge in [0.25, 0.3) is 0 Å². The van der Waals surface area contributed by atoms with Gasteiger partial charge in [-0.2, -0.15) is 0 Å². The van der Waals surface area contributed by atoms with Crippen LogP contribution in [-0.2, 0) is 18.6 Å². The SMILES string of the molecule is CCCCP(C)(CCCC)(CCCC)OS(=O)(=O)OC. The van der Waals surface area contributed by atoms with Gasteiger partial charge in [-0.15, -0.1) is 0 Å². The topological polar surface area (TPSA) is 52.6 Å². The summed E-state index contributed by atoms with van der Waals surface area (Å²) in [6.45, 7) is 5.78. The summed E-state index contributed by atoms with van der Waals surface area (Å²) in [6.07, 6.45) is 8.85. The summed E-state index contributed by atoms with van der Waals surface area (Å²) >= 11 is 0. The number of hydrogen-bond acceptors (Lipinski definition) is 4. The van der Waals surface area contributed by atoms with Crippen LogP contribution in [0.1, 0.15) is 59.3 Å². The van der Waals surface area contributed by atoms with Crippen LogP contribution >= 0.6 is 6.83 Å². The van der Waals surface area contributed by atoms with Crippen LogP contribution in [0.3, 0.4) is 0 Å². The van der Waals surface area contributed by atoms with Gasteiger partial charge in [0.2, 0.25) is 0 Å². The van der Waals surface area contributed by atoms with Crippen LogP contribution in [0.25, 0.3) is 0 Å². The normalized spacial score (nSPS) is 14.9. The number of hydrogen-bond donors (Lipinski definition) is 0. The van der Waals surface area contributed by atoms with E-state index in [0.717, 1.165) is 57.0 Å². The van der Waals surface area contributed by atoms with E-state index in [1.54, 1.807) is 0 Å². The molecule has 20 heavy (non-hydrogen) atoms. The number of rotatable bonds is 12. The van der Waals surface area contributed by atoms with E-state index in [2.05, 4.69) is 31.6 Å². The Bertz CT molecular complexity index is 343. The molecular formula is C14H33O4PS. The summed E-state index contributed by atoms with van der Waals surface area (Å²) in [5, 5.41) is 0. The van der Waals surface area contributed by atoms with E-state index in [9.17, 15) is 8.42 Å². The van der Waals surface area contributed by atoms with Gasteiger partial charge in [-0.1, -0.05) is 0 Å². The maximum absolute atomic E-state index is 11.9. The van der Waals surface area contributed by atoms with E-state index < -0.39 is 17.2 Å². The van der Waals surface area contributed by atoms with Gasteiger partial charge >= 0.3 is 125 Å². The van der Waals surface area contributed by atoms with Gasteiger partial charge in [-0.05, 0) is 0 Å². The summed E-state index contributed by atoms with van der Waals surface area (Å²) in [5.74, 6) is 0. The fraction of sp³-hybridized carbons (Fsp3) is 1.00. The quantitative estimate of drug-likeness (QED) is 0.498. The van der Waals surface area contributed by atoms with Crippen molar-refractivity contribution in [1.82, 2.24) is 0 Å². The second-order valence-corrected chi connectivity index (χ2v) is 13.5. The van der Waals surface area contributed by atoms with Crippen LogP contribution < -0.4 is 0 Å². The Kier molecular flexibility index (Phi) is 8.80. The Balaban J connectivity index is 5.38. The van der Waals surface area contributed by atoms with Crippen molar-refractivity contribution in [3.8, 4) is 0 Å². The van der Waals surface area contributed by atoms with Crippen LogP contribution in [0.4, 0.5) is 0 Å². The summed E-state index contributed by atoms with van der Waals surface area (Å²) in [6, 6.07) is 0. The molecule has 0 heterocycles. The van der Waals surface area contributed by atoms with Gasteiger partial charge < -0.3 is 0 Å². The second-order valence-electron chi connectivity index (χ2n) is 6.07. The molecule has 0 aromatic rings. The monoisotopic (exact) mass is 328 g/mol. The molecule has 0 spiro atoms. The number of unbranched alkanes of at least 4 members (excludes halogenated alkanes) is 3. The second kappa shape index (κ2) is 8.67. The van der Waals surface area contributed by atoms with Crippen LogP contribution in [0.5, 0.6) is 0 Å². The van der Waals surface area contributed by atoms with Crippen LogP contribution in [0, 0.1) is 0 Å². The van der Waals surface area contributed by atoms with Crippen molar-refractivity contribution in [1.29, 1.82) is 0 Å². The van der Waals surface area contributed by atoms with Crippen molar-refractivity contribution in [2.75, 3.05) is 32.3 Å². The molecule has 0 bridgehead atoms. The van der Waals surface area contributed by atoms with E-state index >= 15 is 0 Å². The molecule has 0 aliphatic heterocycles. The third-order valence-electron chi connectivity index (χ3n) is 3.96. The molecule has 0 saturated heterocycles. The average molecular weight is 328 g/mol. The molecular weight excluding hydrogens is 295 g/mol.